The molecule has 0 aliphatic rings. The van der Waals surface area contributed by atoms with Crippen LogP contribution >= 0.6 is 0 Å². The largest absolute Gasteiger partial charge is 0.228 e. The molecular formula is C23H13F2N3. The molecule has 0 saturated heterocycles. The van der Waals surface area contributed by atoms with Crippen molar-refractivity contribution in [2.75, 3.05) is 0 Å². The first-order valence-corrected chi connectivity index (χ1v) is 8.55. The number of rotatable bonds is 3. The number of hydrogen-bond acceptors (Lipinski definition) is 3. The minimum absolute atomic E-state index is 0.0249. The van der Waals surface area contributed by atoms with Gasteiger partial charge in [-0.15, -0.1) is 0 Å². The summed E-state index contributed by atoms with van der Waals surface area (Å²) in [6, 6.07) is 24.5. The van der Waals surface area contributed by atoms with E-state index in [4.69, 9.17) is 0 Å². The van der Waals surface area contributed by atoms with Gasteiger partial charge in [0.2, 0.25) is 0 Å². The van der Waals surface area contributed by atoms with E-state index in [2.05, 4.69) is 9.97 Å². The third-order valence-electron chi connectivity index (χ3n) is 4.29. The van der Waals surface area contributed by atoms with Crippen LogP contribution in [0.3, 0.4) is 0 Å². The molecule has 28 heavy (non-hydrogen) atoms. The first-order valence-electron chi connectivity index (χ1n) is 8.55. The number of hydrogen-bond donors (Lipinski definition) is 0. The van der Waals surface area contributed by atoms with E-state index in [9.17, 15) is 14.0 Å². The molecule has 0 amide bonds. The van der Waals surface area contributed by atoms with Crippen LogP contribution in [0.25, 0.3) is 33.9 Å². The summed E-state index contributed by atoms with van der Waals surface area (Å²) in [6.45, 7) is 0. The number of nitrogens with zero attached hydrogens (tertiary/aromatic N) is 3. The Morgan fingerprint density at radius 1 is 0.679 bits per heavy atom. The summed E-state index contributed by atoms with van der Waals surface area (Å²) in [7, 11) is 0. The fraction of sp³-hybridized carbons (Fsp3) is 0. The van der Waals surface area contributed by atoms with E-state index >= 15 is 0 Å². The molecule has 134 valence electrons. The highest BCUT2D eigenvalue weighted by Gasteiger charge is 2.16. The van der Waals surface area contributed by atoms with Gasteiger partial charge in [0.05, 0.1) is 17.0 Å². The molecule has 4 aromatic rings. The Kier molecular flexibility index (Phi) is 4.61. The van der Waals surface area contributed by atoms with Gasteiger partial charge >= 0.3 is 0 Å². The molecule has 0 aliphatic carbocycles. The molecule has 0 atom stereocenters. The number of nitriles is 1. The van der Waals surface area contributed by atoms with Crippen LogP contribution in [0.5, 0.6) is 0 Å². The molecule has 0 N–H and O–H groups in total. The molecule has 3 nitrogen and oxygen atoms in total. The van der Waals surface area contributed by atoms with Gasteiger partial charge in [0.25, 0.3) is 0 Å². The maximum Gasteiger partial charge on any atom is 0.161 e. The van der Waals surface area contributed by atoms with E-state index < -0.39 is 11.6 Å². The Bertz CT molecular complexity index is 1130. The minimum atomic E-state index is -1.08. The standard InChI is InChI=1S/C23H13F2N3/c24-19-11-17(14-26)18(12-20(19)25)23-27-21(15-7-3-1-4-8-15)13-22(28-23)16-9-5-2-6-10-16/h1-13H. The second kappa shape index (κ2) is 7.37. The predicted octanol–water partition coefficient (Wildman–Crippen LogP) is 5.63. The van der Waals surface area contributed by atoms with Crippen LogP contribution < -0.4 is 0 Å². The molecule has 1 aromatic heterocycles. The van der Waals surface area contributed by atoms with Gasteiger partial charge in [0.1, 0.15) is 6.07 Å². The van der Waals surface area contributed by atoms with Crippen molar-refractivity contribution in [2.24, 2.45) is 0 Å². The van der Waals surface area contributed by atoms with Gasteiger partial charge in [-0.1, -0.05) is 60.7 Å². The highest BCUT2D eigenvalue weighted by molar-refractivity contribution is 5.73. The molecule has 0 saturated carbocycles. The van der Waals surface area contributed by atoms with Crippen molar-refractivity contribution < 1.29 is 8.78 Å². The zero-order valence-corrected chi connectivity index (χ0v) is 14.6. The SMILES string of the molecule is N#Cc1cc(F)c(F)cc1-c1nc(-c2ccccc2)cc(-c2ccccc2)n1. The van der Waals surface area contributed by atoms with Gasteiger partial charge in [-0.25, -0.2) is 18.7 Å². The van der Waals surface area contributed by atoms with Crippen molar-refractivity contribution in [1.82, 2.24) is 9.97 Å². The van der Waals surface area contributed by atoms with Gasteiger partial charge < -0.3 is 0 Å². The van der Waals surface area contributed by atoms with Crippen LogP contribution in [0.4, 0.5) is 8.78 Å². The van der Waals surface area contributed by atoms with Crippen molar-refractivity contribution in [2.45, 2.75) is 0 Å². The van der Waals surface area contributed by atoms with E-state index in [0.29, 0.717) is 11.4 Å². The molecule has 1 heterocycles. The van der Waals surface area contributed by atoms with Crippen molar-refractivity contribution in [3.63, 3.8) is 0 Å². The topological polar surface area (TPSA) is 49.6 Å². The lowest BCUT2D eigenvalue weighted by atomic mass is 10.0. The lowest BCUT2D eigenvalue weighted by Gasteiger charge is -2.10. The molecule has 0 aliphatic heterocycles. The molecule has 0 unspecified atom stereocenters. The van der Waals surface area contributed by atoms with Crippen molar-refractivity contribution >= 4 is 0 Å². The zero-order valence-electron chi connectivity index (χ0n) is 14.6. The molecule has 0 fully saturated rings. The summed E-state index contributed by atoms with van der Waals surface area (Å²) in [5, 5.41) is 9.37. The summed E-state index contributed by atoms with van der Waals surface area (Å²) in [6.07, 6.45) is 0. The Balaban J connectivity index is 1.98. The summed E-state index contributed by atoms with van der Waals surface area (Å²) in [5.41, 5.74) is 3.07. The van der Waals surface area contributed by atoms with Gasteiger partial charge in [-0.05, 0) is 18.2 Å². The van der Waals surface area contributed by atoms with Crippen LogP contribution in [0.1, 0.15) is 5.56 Å². The predicted molar refractivity (Wildman–Crippen MR) is 103 cm³/mol. The lowest BCUT2D eigenvalue weighted by molar-refractivity contribution is 0.508. The van der Waals surface area contributed by atoms with Gasteiger partial charge in [-0.2, -0.15) is 5.26 Å². The van der Waals surface area contributed by atoms with E-state index in [1.165, 1.54) is 0 Å². The van der Waals surface area contributed by atoms with Crippen molar-refractivity contribution in [3.05, 3.63) is 96.1 Å². The first kappa shape index (κ1) is 17.5. The molecule has 0 spiro atoms. The number of halogens is 2. The number of aromatic nitrogens is 2. The maximum atomic E-state index is 13.9. The third kappa shape index (κ3) is 3.36. The monoisotopic (exact) mass is 369 g/mol. The highest BCUT2D eigenvalue weighted by Crippen LogP contribution is 2.29. The van der Waals surface area contributed by atoms with E-state index in [1.807, 2.05) is 72.8 Å². The van der Waals surface area contributed by atoms with Crippen LogP contribution in [-0.2, 0) is 0 Å². The highest BCUT2D eigenvalue weighted by atomic mass is 19.2. The third-order valence-corrected chi connectivity index (χ3v) is 4.29. The van der Waals surface area contributed by atoms with Crippen LogP contribution in [-0.4, -0.2) is 9.97 Å². The summed E-state index contributed by atoms with van der Waals surface area (Å²) in [4.78, 5) is 9.05. The average molecular weight is 369 g/mol. The summed E-state index contributed by atoms with van der Waals surface area (Å²) < 4.78 is 27.5. The molecule has 3 aromatic carbocycles. The quantitative estimate of drug-likeness (QED) is 0.470. The Hall–Kier alpha value is -3.91. The van der Waals surface area contributed by atoms with Gasteiger partial charge in [0.15, 0.2) is 17.5 Å². The Morgan fingerprint density at radius 3 is 1.68 bits per heavy atom. The second-order valence-electron chi connectivity index (χ2n) is 6.12. The Morgan fingerprint density at radius 2 is 1.18 bits per heavy atom. The van der Waals surface area contributed by atoms with Crippen molar-refractivity contribution in [3.8, 4) is 40.0 Å². The van der Waals surface area contributed by atoms with E-state index in [-0.39, 0.29) is 17.0 Å². The van der Waals surface area contributed by atoms with E-state index in [1.54, 1.807) is 0 Å². The molecule has 0 radical (unpaired) electrons. The maximum absolute atomic E-state index is 13.9. The van der Waals surface area contributed by atoms with Crippen molar-refractivity contribution in [1.29, 1.82) is 5.26 Å². The van der Waals surface area contributed by atoms with Crippen LogP contribution in [0.15, 0.2) is 78.9 Å². The van der Waals surface area contributed by atoms with E-state index in [0.717, 1.165) is 23.3 Å². The minimum Gasteiger partial charge on any atom is -0.228 e. The fourth-order valence-corrected chi connectivity index (χ4v) is 2.91. The summed E-state index contributed by atoms with van der Waals surface area (Å²) in [5.74, 6) is -1.97. The van der Waals surface area contributed by atoms with Crippen LogP contribution in [0.2, 0.25) is 0 Å². The zero-order chi connectivity index (χ0) is 19.5. The molecule has 4 rings (SSSR count). The molecular weight excluding hydrogens is 356 g/mol. The summed E-state index contributed by atoms with van der Waals surface area (Å²) >= 11 is 0. The smallest absolute Gasteiger partial charge is 0.161 e. The number of benzene rings is 3. The second-order valence-corrected chi connectivity index (χ2v) is 6.12. The fourth-order valence-electron chi connectivity index (χ4n) is 2.91. The molecule has 0 bridgehead atoms. The normalized spacial score (nSPS) is 10.5. The lowest BCUT2D eigenvalue weighted by Crippen LogP contribution is -1.99. The Labute approximate surface area is 160 Å². The van der Waals surface area contributed by atoms with Gasteiger partial charge in [-0.3, -0.25) is 0 Å². The first-order chi connectivity index (χ1) is 13.7. The average Bonchev–Trinajstić information content (AvgIpc) is 2.76. The van der Waals surface area contributed by atoms with Gasteiger partial charge in [0, 0.05) is 16.7 Å². The molecule has 5 heteroatoms. The van der Waals surface area contributed by atoms with Crippen LogP contribution in [0, 0.1) is 23.0 Å².